The lowest BCUT2D eigenvalue weighted by atomic mass is 10.3. The molecule has 2 aromatic rings. The third kappa shape index (κ3) is 3.90. The Labute approximate surface area is 127 Å². The predicted octanol–water partition coefficient (Wildman–Crippen LogP) is 1.33. The van der Waals surface area contributed by atoms with Crippen LogP contribution < -0.4 is 4.72 Å². The van der Waals surface area contributed by atoms with Gasteiger partial charge < -0.3 is 0 Å². The average molecular weight is 348 g/mol. The maximum Gasteiger partial charge on any atom is 0.264 e. The molecule has 0 saturated carbocycles. The normalized spacial score (nSPS) is 12.1. The van der Waals surface area contributed by atoms with Crippen LogP contribution in [-0.4, -0.2) is 33.1 Å². The molecule has 0 aliphatic carbocycles. The highest BCUT2D eigenvalue weighted by atomic mass is 35.5. The fourth-order valence-electron chi connectivity index (χ4n) is 1.44. The van der Waals surface area contributed by atoms with Crippen molar-refractivity contribution in [3.05, 3.63) is 41.9 Å². The summed E-state index contributed by atoms with van der Waals surface area (Å²) in [6.45, 7) is 0. The van der Waals surface area contributed by atoms with Crippen LogP contribution in [0.1, 0.15) is 0 Å². The minimum Gasteiger partial charge on any atom is -0.279 e. The number of hydrogen-bond donors (Lipinski definition) is 1. The number of halogens is 1. The van der Waals surface area contributed by atoms with Crippen LogP contribution in [0.2, 0.25) is 5.28 Å². The molecule has 2 rings (SSSR count). The molecule has 0 atom stereocenters. The summed E-state index contributed by atoms with van der Waals surface area (Å²) in [6.07, 6.45) is 3.14. The van der Waals surface area contributed by atoms with E-state index in [1.165, 1.54) is 24.3 Å². The molecule has 1 aromatic carbocycles. The molecule has 0 aliphatic heterocycles. The SMILES string of the molecule is CS(=O)(=O)c1cccc(NS(=O)(=O)c2cnc(Cl)nc2)c1. The van der Waals surface area contributed by atoms with Crippen molar-refractivity contribution in [1.82, 2.24) is 9.97 Å². The highest BCUT2D eigenvalue weighted by molar-refractivity contribution is 7.92. The molecule has 1 heterocycles. The molecule has 1 aromatic heterocycles. The molecule has 0 radical (unpaired) electrons. The highest BCUT2D eigenvalue weighted by Gasteiger charge is 2.16. The molecule has 1 N–H and O–H groups in total. The van der Waals surface area contributed by atoms with Gasteiger partial charge in [-0.1, -0.05) is 6.07 Å². The van der Waals surface area contributed by atoms with Gasteiger partial charge in [-0.15, -0.1) is 0 Å². The molecule has 21 heavy (non-hydrogen) atoms. The Hall–Kier alpha value is -1.71. The van der Waals surface area contributed by atoms with E-state index in [0.717, 1.165) is 18.6 Å². The first-order valence-electron chi connectivity index (χ1n) is 5.49. The van der Waals surface area contributed by atoms with Crippen molar-refractivity contribution in [1.29, 1.82) is 0 Å². The molecule has 0 aliphatic rings. The molecule has 112 valence electrons. The van der Waals surface area contributed by atoms with E-state index >= 15 is 0 Å². The standard InChI is InChI=1S/C11H10ClN3O4S2/c1-20(16,17)9-4-2-3-8(5-9)15-21(18,19)10-6-13-11(12)14-7-10/h2-7,15H,1H3. The zero-order valence-electron chi connectivity index (χ0n) is 10.7. The van der Waals surface area contributed by atoms with Crippen molar-refractivity contribution in [2.24, 2.45) is 0 Å². The monoisotopic (exact) mass is 347 g/mol. The van der Waals surface area contributed by atoms with Gasteiger partial charge >= 0.3 is 0 Å². The van der Waals surface area contributed by atoms with E-state index in [-0.39, 0.29) is 20.8 Å². The highest BCUT2D eigenvalue weighted by Crippen LogP contribution is 2.19. The Balaban J connectivity index is 2.35. The summed E-state index contributed by atoms with van der Waals surface area (Å²) in [5, 5.41) is -0.0759. The Bertz CT molecular complexity index is 865. The van der Waals surface area contributed by atoms with Crippen molar-refractivity contribution in [3.63, 3.8) is 0 Å². The molecule has 0 unspecified atom stereocenters. The number of nitrogens with one attached hydrogen (secondary N) is 1. The molecule has 0 saturated heterocycles. The second-order valence-corrected chi connectivity index (χ2v) is 8.13. The van der Waals surface area contributed by atoms with E-state index in [2.05, 4.69) is 14.7 Å². The lowest BCUT2D eigenvalue weighted by molar-refractivity contribution is 0.598. The van der Waals surface area contributed by atoms with Gasteiger partial charge in [0.1, 0.15) is 4.90 Å². The van der Waals surface area contributed by atoms with Gasteiger partial charge in [0, 0.05) is 6.26 Å². The zero-order valence-corrected chi connectivity index (χ0v) is 13.1. The molecule has 0 bridgehead atoms. The summed E-state index contributed by atoms with van der Waals surface area (Å²) >= 11 is 5.49. The molecule has 0 amide bonds. The van der Waals surface area contributed by atoms with Crippen molar-refractivity contribution >= 4 is 37.1 Å². The summed E-state index contributed by atoms with van der Waals surface area (Å²) in [4.78, 5) is 6.99. The molecule has 0 fully saturated rings. The van der Waals surface area contributed by atoms with Gasteiger partial charge in [-0.3, -0.25) is 4.72 Å². The quantitative estimate of drug-likeness (QED) is 0.836. The lowest BCUT2D eigenvalue weighted by Gasteiger charge is -2.08. The van der Waals surface area contributed by atoms with Gasteiger partial charge in [-0.25, -0.2) is 26.8 Å². The minimum absolute atomic E-state index is 0.00931. The minimum atomic E-state index is -3.92. The first-order valence-corrected chi connectivity index (χ1v) is 9.24. The van der Waals surface area contributed by atoms with Crippen molar-refractivity contribution in [2.45, 2.75) is 9.79 Å². The Morgan fingerprint density at radius 2 is 1.67 bits per heavy atom. The summed E-state index contributed by atoms with van der Waals surface area (Å²) in [5.41, 5.74) is 0.118. The van der Waals surface area contributed by atoms with E-state index < -0.39 is 19.9 Å². The van der Waals surface area contributed by atoms with Gasteiger partial charge in [0.15, 0.2) is 9.84 Å². The van der Waals surface area contributed by atoms with Crippen molar-refractivity contribution < 1.29 is 16.8 Å². The third-order valence-electron chi connectivity index (χ3n) is 2.42. The first-order chi connectivity index (χ1) is 9.68. The molecular weight excluding hydrogens is 338 g/mol. The second-order valence-electron chi connectivity index (χ2n) is 4.09. The van der Waals surface area contributed by atoms with Gasteiger partial charge in [-0.2, -0.15) is 0 Å². The van der Waals surface area contributed by atoms with Crippen LogP contribution in [0.25, 0.3) is 0 Å². The van der Waals surface area contributed by atoms with Gasteiger partial charge in [0.25, 0.3) is 10.0 Å². The number of sulfonamides is 1. The number of benzene rings is 1. The van der Waals surface area contributed by atoms with Gasteiger partial charge in [-0.05, 0) is 29.8 Å². The maximum absolute atomic E-state index is 12.1. The molecule has 10 heteroatoms. The molecule has 7 nitrogen and oxygen atoms in total. The summed E-state index contributed by atoms with van der Waals surface area (Å²) < 4.78 is 49.3. The number of hydrogen-bond acceptors (Lipinski definition) is 6. The lowest BCUT2D eigenvalue weighted by Crippen LogP contribution is -2.14. The number of rotatable bonds is 4. The van der Waals surface area contributed by atoms with Gasteiger partial charge in [0.05, 0.1) is 23.0 Å². The van der Waals surface area contributed by atoms with E-state index in [4.69, 9.17) is 11.6 Å². The van der Waals surface area contributed by atoms with Crippen molar-refractivity contribution in [3.8, 4) is 0 Å². The van der Waals surface area contributed by atoms with E-state index in [1.54, 1.807) is 0 Å². The van der Waals surface area contributed by atoms with Crippen LogP contribution >= 0.6 is 11.6 Å². The second kappa shape index (κ2) is 5.58. The van der Waals surface area contributed by atoms with Crippen LogP contribution in [0.3, 0.4) is 0 Å². The Morgan fingerprint density at radius 3 is 2.24 bits per heavy atom. The fourth-order valence-corrected chi connectivity index (χ4v) is 3.15. The maximum atomic E-state index is 12.1. The number of sulfone groups is 1. The third-order valence-corrected chi connectivity index (χ3v) is 5.06. The van der Waals surface area contributed by atoms with Crippen molar-refractivity contribution in [2.75, 3.05) is 11.0 Å². The fraction of sp³-hybridized carbons (Fsp3) is 0.0909. The largest absolute Gasteiger partial charge is 0.279 e. The van der Waals surface area contributed by atoms with Crippen LogP contribution in [-0.2, 0) is 19.9 Å². The topological polar surface area (TPSA) is 106 Å². The number of aromatic nitrogens is 2. The smallest absolute Gasteiger partial charge is 0.264 e. The summed E-state index contributed by atoms with van der Waals surface area (Å²) in [7, 11) is -7.35. The summed E-state index contributed by atoms with van der Waals surface area (Å²) in [5.74, 6) is 0. The summed E-state index contributed by atoms with van der Waals surface area (Å²) in [6, 6.07) is 5.47. The number of anilines is 1. The van der Waals surface area contributed by atoms with Crippen LogP contribution in [0, 0.1) is 0 Å². The molecule has 0 spiro atoms. The van der Waals surface area contributed by atoms with E-state index in [9.17, 15) is 16.8 Å². The van der Waals surface area contributed by atoms with Gasteiger partial charge in [0.2, 0.25) is 5.28 Å². The molecular formula is C11H10ClN3O4S2. The average Bonchev–Trinajstić information content (AvgIpc) is 2.38. The zero-order chi connectivity index (χ0) is 15.7. The van der Waals surface area contributed by atoms with Crippen LogP contribution in [0.15, 0.2) is 46.5 Å². The van der Waals surface area contributed by atoms with E-state index in [0.29, 0.717) is 0 Å². The predicted molar refractivity (Wildman–Crippen MR) is 77.4 cm³/mol. The van der Waals surface area contributed by atoms with Crippen LogP contribution in [0.4, 0.5) is 5.69 Å². The number of nitrogens with zero attached hydrogens (tertiary/aromatic N) is 2. The first kappa shape index (κ1) is 15.7. The Morgan fingerprint density at radius 1 is 1.05 bits per heavy atom. The Kier molecular flexibility index (Phi) is 4.17. The van der Waals surface area contributed by atoms with E-state index in [1.807, 2.05) is 0 Å². The van der Waals surface area contributed by atoms with Crippen LogP contribution in [0.5, 0.6) is 0 Å².